The topological polar surface area (TPSA) is 52.6 Å². The van der Waals surface area contributed by atoms with E-state index < -0.39 is 10.0 Å². The van der Waals surface area contributed by atoms with Gasteiger partial charge in [-0.1, -0.05) is 0 Å². The molecule has 0 bridgehead atoms. The fourth-order valence-electron chi connectivity index (χ4n) is 4.34. The van der Waals surface area contributed by atoms with E-state index in [1.165, 1.54) is 32.2 Å². The van der Waals surface area contributed by atoms with Crippen LogP contribution in [0.25, 0.3) is 0 Å². The number of nitrogens with zero attached hydrogens (tertiary/aromatic N) is 2. The molecule has 2 aliphatic heterocycles. The fourth-order valence-corrected chi connectivity index (χ4v) is 5.06. The lowest BCUT2D eigenvalue weighted by atomic mass is 10.0. The van der Waals surface area contributed by atoms with Crippen molar-refractivity contribution in [1.29, 1.82) is 0 Å². The van der Waals surface area contributed by atoms with Gasteiger partial charge in [-0.2, -0.15) is 0 Å². The molecule has 3 atom stereocenters. The zero-order valence-electron chi connectivity index (χ0n) is 12.6. The number of fused-ring (bicyclic) bond motifs is 1. The molecule has 0 unspecified atom stereocenters. The number of sulfonamides is 1. The van der Waals surface area contributed by atoms with Crippen LogP contribution >= 0.6 is 0 Å². The summed E-state index contributed by atoms with van der Waals surface area (Å²) in [6.45, 7) is 4.67. The molecule has 2 heterocycles. The second-order valence-electron chi connectivity index (χ2n) is 6.86. The van der Waals surface area contributed by atoms with Gasteiger partial charge >= 0.3 is 0 Å². The van der Waals surface area contributed by atoms with Crippen LogP contribution in [0.2, 0.25) is 0 Å². The fraction of sp³-hybridized carbons (Fsp3) is 1.00. The van der Waals surface area contributed by atoms with Crippen molar-refractivity contribution in [3.05, 3.63) is 0 Å². The molecule has 0 radical (unpaired) electrons. The summed E-state index contributed by atoms with van der Waals surface area (Å²) in [5.41, 5.74) is 0. The van der Waals surface area contributed by atoms with Crippen LogP contribution in [0.3, 0.4) is 0 Å². The van der Waals surface area contributed by atoms with Crippen LogP contribution in [-0.2, 0) is 10.0 Å². The number of nitrogens with one attached hydrogen (secondary N) is 1. The Morgan fingerprint density at radius 2 is 1.65 bits per heavy atom. The highest BCUT2D eigenvalue weighted by Gasteiger charge is 2.44. The zero-order valence-corrected chi connectivity index (χ0v) is 13.4. The maximum Gasteiger partial charge on any atom is 0.211 e. The molecule has 0 aromatic heterocycles. The summed E-state index contributed by atoms with van der Waals surface area (Å²) in [7, 11) is -1.30. The maximum atomic E-state index is 11.7. The summed E-state index contributed by atoms with van der Waals surface area (Å²) in [5, 5.41) is 3.43. The van der Waals surface area contributed by atoms with Crippen molar-refractivity contribution in [3.63, 3.8) is 0 Å². The first-order valence-electron chi connectivity index (χ1n) is 7.83. The Bertz CT molecular complexity index is 433. The molecule has 0 aromatic rings. The number of rotatable bonds is 3. The van der Waals surface area contributed by atoms with Crippen molar-refractivity contribution in [3.8, 4) is 0 Å². The molecule has 1 saturated carbocycles. The van der Waals surface area contributed by atoms with Gasteiger partial charge in [-0.3, -0.25) is 4.90 Å². The Hall–Kier alpha value is -0.170. The molecule has 116 valence electrons. The van der Waals surface area contributed by atoms with Crippen LogP contribution < -0.4 is 5.32 Å². The Balaban J connectivity index is 1.56. The van der Waals surface area contributed by atoms with E-state index in [2.05, 4.69) is 10.2 Å². The molecular formula is C14H27N3O2S. The minimum absolute atomic E-state index is 0.232. The number of piperidine rings is 1. The summed E-state index contributed by atoms with van der Waals surface area (Å²) in [4.78, 5) is 2.67. The third kappa shape index (κ3) is 2.89. The lowest BCUT2D eigenvalue weighted by Crippen LogP contribution is -2.43. The van der Waals surface area contributed by atoms with Gasteiger partial charge in [0.25, 0.3) is 0 Å². The summed E-state index contributed by atoms with van der Waals surface area (Å²) in [6, 6.07) is 0.989. The summed E-state index contributed by atoms with van der Waals surface area (Å²) in [5.74, 6) is 1.41. The Morgan fingerprint density at radius 1 is 1.10 bits per heavy atom. The number of likely N-dealkylation sites (tertiary alicyclic amines) is 1. The van der Waals surface area contributed by atoms with Crippen molar-refractivity contribution in [2.24, 2.45) is 11.8 Å². The molecule has 0 aromatic carbocycles. The van der Waals surface area contributed by atoms with Crippen LogP contribution in [0.4, 0.5) is 0 Å². The van der Waals surface area contributed by atoms with Crippen molar-refractivity contribution >= 4 is 10.0 Å². The van der Waals surface area contributed by atoms with Crippen LogP contribution in [0.1, 0.15) is 25.7 Å². The minimum Gasteiger partial charge on any atom is -0.317 e. The third-order valence-electron chi connectivity index (χ3n) is 5.62. The van der Waals surface area contributed by atoms with Crippen molar-refractivity contribution in [2.75, 3.05) is 39.5 Å². The van der Waals surface area contributed by atoms with Crippen LogP contribution in [-0.4, -0.2) is 69.2 Å². The standard InChI is InChI=1S/C14H27N3O2S/c1-16(20(2,18)19)14-7-11-9-17(10-12(11)8-14)13-3-5-15-6-4-13/h11-15H,3-10H2,1-2H3/t11-,12+,14-. The Morgan fingerprint density at radius 3 is 2.15 bits per heavy atom. The second kappa shape index (κ2) is 5.55. The quantitative estimate of drug-likeness (QED) is 0.817. The third-order valence-corrected chi connectivity index (χ3v) is 6.96. The van der Waals surface area contributed by atoms with Crippen LogP contribution in [0.5, 0.6) is 0 Å². The second-order valence-corrected chi connectivity index (χ2v) is 8.90. The van der Waals surface area contributed by atoms with Crippen LogP contribution in [0.15, 0.2) is 0 Å². The van der Waals surface area contributed by atoms with E-state index in [0.29, 0.717) is 11.8 Å². The molecule has 2 saturated heterocycles. The highest BCUT2D eigenvalue weighted by atomic mass is 32.2. The van der Waals surface area contributed by atoms with Gasteiger partial charge in [-0.25, -0.2) is 12.7 Å². The van der Waals surface area contributed by atoms with Crippen molar-refractivity contribution in [1.82, 2.24) is 14.5 Å². The average Bonchev–Trinajstić information content (AvgIpc) is 2.95. The maximum absolute atomic E-state index is 11.7. The van der Waals surface area contributed by atoms with Gasteiger partial charge in [0, 0.05) is 32.2 Å². The minimum atomic E-state index is -3.04. The van der Waals surface area contributed by atoms with Gasteiger partial charge in [-0.05, 0) is 50.6 Å². The van der Waals surface area contributed by atoms with E-state index in [0.717, 1.165) is 32.0 Å². The first-order chi connectivity index (χ1) is 9.45. The average molecular weight is 301 g/mol. The molecule has 20 heavy (non-hydrogen) atoms. The highest BCUT2D eigenvalue weighted by Crippen LogP contribution is 2.41. The monoisotopic (exact) mass is 301 g/mol. The van der Waals surface area contributed by atoms with E-state index in [1.54, 1.807) is 11.4 Å². The normalized spacial score (nSPS) is 36.6. The van der Waals surface area contributed by atoms with Gasteiger partial charge in [0.1, 0.15) is 0 Å². The molecule has 6 heteroatoms. The van der Waals surface area contributed by atoms with Crippen LogP contribution in [0, 0.1) is 11.8 Å². The van der Waals surface area contributed by atoms with E-state index >= 15 is 0 Å². The number of hydrogen-bond acceptors (Lipinski definition) is 4. The summed E-state index contributed by atoms with van der Waals surface area (Å²) >= 11 is 0. The van der Waals surface area contributed by atoms with E-state index in [4.69, 9.17) is 0 Å². The van der Waals surface area contributed by atoms with Gasteiger partial charge in [0.2, 0.25) is 10.0 Å². The first kappa shape index (κ1) is 14.8. The molecule has 3 fully saturated rings. The zero-order chi connectivity index (χ0) is 14.3. The largest absolute Gasteiger partial charge is 0.317 e. The summed E-state index contributed by atoms with van der Waals surface area (Å²) < 4.78 is 24.9. The lowest BCUT2D eigenvalue weighted by Gasteiger charge is -2.32. The SMILES string of the molecule is CN([C@@H]1C[C@@H]2CN(C3CCNCC3)C[C@@H]2C1)S(C)(=O)=O. The van der Waals surface area contributed by atoms with Gasteiger partial charge in [0.15, 0.2) is 0 Å². The highest BCUT2D eigenvalue weighted by molar-refractivity contribution is 7.88. The Labute approximate surface area is 122 Å². The molecule has 3 aliphatic rings. The molecule has 0 amide bonds. The van der Waals surface area contributed by atoms with Gasteiger partial charge in [-0.15, -0.1) is 0 Å². The smallest absolute Gasteiger partial charge is 0.211 e. The van der Waals surface area contributed by atoms with Gasteiger partial charge < -0.3 is 5.32 Å². The molecule has 1 N–H and O–H groups in total. The van der Waals surface area contributed by atoms with E-state index in [-0.39, 0.29) is 6.04 Å². The lowest BCUT2D eigenvalue weighted by molar-refractivity contribution is 0.179. The van der Waals surface area contributed by atoms with Crippen molar-refractivity contribution < 1.29 is 8.42 Å². The predicted octanol–water partition coefficient (Wildman–Crippen LogP) is 0.340. The number of hydrogen-bond donors (Lipinski definition) is 1. The molecule has 5 nitrogen and oxygen atoms in total. The van der Waals surface area contributed by atoms with Crippen molar-refractivity contribution in [2.45, 2.75) is 37.8 Å². The molecule has 1 aliphatic carbocycles. The summed E-state index contributed by atoms with van der Waals surface area (Å²) in [6.07, 6.45) is 5.96. The Kier molecular flexibility index (Phi) is 4.10. The molecular weight excluding hydrogens is 274 g/mol. The molecule has 0 spiro atoms. The van der Waals surface area contributed by atoms with E-state index in [1.807, 2.05) is 0 Å². The molecule has 3 rings (SSSR count). The first-order valence-corrected chi connectivity index (χ1v) is 9.67. The predicted molar refractivity (Wildman–Crippen MR) is 80.1 cm³/mol. The van der Waals surface area contributed by atoms with E-state index in [9.17, 15) is 8.42 Å². The van der Waals surface area contributed by atoms with Gasteiger partial charge in [0.05, 0.1) is 6.26 Å².